The van der Waals surface area contributed by atoms with Gasteiger partial charge in [0.1, 0.15) is 10.8 Å². The summed E-state index contributed by atoms with van der Waals surface area (Å²) in [7, 11) is 0. The van der Waals surface area contributed by atoms with Gasteiger partial charge in [-0.25, -0.2) is 9.97 Å². The Hall–Kier alpha value is -2.21. The number of nitrogens with zero attached hydrogens (tertiary/aromatic N) is 4. The molecule has 0 saturated carbocycles. The number of aromatic nitrogens is 3. The standard InChI is InChI=1S/C16H17N5S/c1-10-9-14(20-16(17)18-10)21-8-4-6-12(21)15-19-11-5-2-3-7-13(11)22-15/h2-3,5,7,9,12H,4,6,8H2,1H3,(H2,17,18,20)/t12-/m1/s1. The second-order valence-electron chi connectivity index (χ2n) is 5.60. The fraction of sp³-hybridized carbons (Fsp3) is 0.312. The summed E-state index contributed by atoms with van der Waals surface area (Å²) in [4.78, 5) is 15.7. The molecule has 5 nitrogen and oxygen atoms in total. The Balaban J connectivity index is 1.74. The monoisotopic (exact) mass is 311 g/mol. The average molecular weight is 311 g/mol. The molecule has 0 unspecified atom stereocenters. The normalized spacial score (nSPS) is 18.2. The Bertz CT molecular complexity index is 775. The first kappa shape index (κ1) is 13.5. The fourth-order valence-electron chi connectivity index (χ4n) is 3.05. The summed E-state index contributed by atoms with van der Waals surface area (Å²) in [5.41, 5.74) is 7.79. The van der Waals surface area contributed by atoms with Crippen LogP contribution in [0.5, 0.6) is 0 Å². The molecule has 112 valence electrons. The van der Waals surface area contributed by atoms with Crippen LogP contribution in [0.3, 0.4) is 0 Å². The smallest absolute Gasteiger partial charge is 0.222 e. The van der Waals surface area contributed by atoms with Gasteiger partial charge < -0.3 is 10.6 Å². The first-order valence-corrected chi connectivity index (χ1v) is 8.25. The van der Waals surface area contributed by atoms with E-state index in [-0.39, 0.29) is 6.04 Å². The maximum Gasteiger partial charge on any atom is 0.222 e. The number of rotatable bonds is 2. The van der Waals surface area contributed by atoms with Crippen LogP contribution in [0.2, 0.25) is 0 Å². The number of benzene rings is 1. The van der Waals surface area contributed by atoms with Gasteiger partial charge in [0.15, 0.2) is 0 Å². The highest BCUT2D eigenvalue weighted by Crippen LogP contribution is 2.38. The number of para-hydroxylation sites is 1. The molecule has 4 rings (SSSR count). The van der Waals surface area contributed by atoms with E-state index >= 15 is 0 Å². The van der Waals surface area contributed by atoms with Crippen molar-refractivity contribution < 1.29 is 0 Å². The van der Waals surface area contributed by atoms with E-state index in [4.69, 9.17) is 10.7 Å². The van der Waals surface area contributed by atoms with E-state index in [0.29, 0.717) is 5.95 Å². The molecule has 1 saturated heterocycles. The SMILES string of the molecule is Cc1cc(N2CCC[C@@H]2c2nc3ccccc3s2)nc(N)n1. The minimum Gasteiger partial charge on any atom is -0.368 e. The maximum atomic E-state index is 5.81. The molecule has 3 heterocycles. The van der Waals surface area contributed by atoms with Gasteiger partial charge in [-0.05, 0) is 31.9 Å². The van der Waals surface area contributed by atoms with E-state index in [2.05, 4.69) is 33.1 Å². The van der Waals surface area contributed by atoms with E-state index in [1.165, 1.54) is 4.70 Å². The highest BCUT2D eigenvalue weighted by molar-refractivity contribution is 7.18. The summed E-state index contributed by atoms with van der Waals surface area (Å²) in [6.45, 7) is 2.93. The largest absolute Gasteiger partial charge is 0.368 e. The lowest BCUT2D eigenvalue weighted by atomic mass is 10.2. The van der Waals surface area contributed by atoms with Gasteiger partial charge >= 0.3 is 0 Å². The van der Waals surface area contributed by atoms with Crippen molar-refractivity contribution in [2.45, 2.75) is 25.8 Å². The second kappa shape index (κ2) is 5.21. The Morgan fingerprint density at radius 2 is 2.09 bits per heavy atom. The molecule has 2 N–H and O–H groups in total. The Kier molecular flexibility index (Phi) is 3.18. The minimum absolute atomic E-state index is 0.283. The van der Waals surface area contributed by atoms with Crippen molar-refractivity contribution in [2.75, 3.05) is 17.2 Å². The van der Waals surface area contributed by atoms with E-state index in [1.54, 1.807) is 11.3 Å². The van der Waals surface area contributed by atoms with Crippen molar-refractivity contribution in [1.82, 2.24) is 15.0 Å². The van der Waals surface area contributed by atoms with Crippen molar-refractivity contribution in [3.63, 3.8) is 0 Å². The zero-order valence-corrected chi connectivity index (χ0v) is 13.2. The van der Waals surface area contributed by atoms with Gasteiger partial charge in [-0.3, -0.25) is 0 Å². The number of nitrogen functional groups attached to an aromatic ring is 1. The van der Waals surface area contributed by atoms with E-state index in [1.807, 2.05) is 19.1 Å². The molecule has 22 heavy (non-hydrogen) atoms. The zero-order valence-electron chi connectivity index (χ0n) is 12.4. The molecule has 0 amide bonds. The predicted octanol–water partition coefficient (Wildman–Crippen LogP) is 3.32. The van der Waals surface area contributed by atoms with E-state index in [0.717, 1.165) is 41.4 Å². The topological polar surface area (TPSA) is 67.9 Å². The third-order valence-corrected chi connectivity index (χ3v) is 5.14. The molecular formula is C16H17N5S. The van der Waals surface area contributed by atoms with Crippen LogP contribution in [0.4, 0.5) is 11.8 Å². The lowest BCUT2D eigenvalue weighted by molar-refractivity contribution is 0.706. The molecular weight excluding hydrogens is 294 g/mol. The summed E-state index contributed by atoms with van der Waals surface area (Å²) in [6, 6.07) is 10.6. The molecule has 0 bridgehead atoms. The van der Waals surface area contributed by atoms with Crippen molar-refractivity contribution in [2.24, 2.45) is 0 Å². The fourth-order valence-corrected chi connectivity index (χ4v) is 4.17. The summed E-state index contributed by atoms with van der Waals surface area (Å²) >= 11 is 1.77. The molecule has 2 aromatic heterocycles. The predicted molar refractivity (Wildman–Crippen MR) is 90.1 cm³/mol. The van der Waals surface area contributed by atoms with E-state index in [9.17, 15) is 0 Å². The number of aryl methyl sites for hydroxylation is 1. The molecule has 6 heteroatoms. The van der Waals surface area contributed by atoms with Crippen LogP contribution in [0.1, 0.15) is 29.6 Å². The number of hydrogen-bond acceptors (Lipinski definition) is 6. The van der Waals surface area contributed by atoms with Gasteiger partial charge in [0.05, 0.1) is 16.3 Å². The quantitative estimate of drug-likeness (QED) is 0.786. The van der Waals surface area contributed by atoms with Crippen LogP contribution in [0.15, 0.2) is 30.3 Å². The molecule has 1 atom stereocenters. The number of nitrogens with two attached hydrogens (primary N) is 1. The van der Waals surface area contributed by atoms with Crippen LogP contribution in [0.25, 0.3) is 10.2 Å². The molecule has 1 aromatic carbocycles. The van der Waals surface area contributed by atoms with Crippen LogP contribution >= 0.6 is 11.3 Å². The van der Waals surface area contributed by atoms with Gasteiger partial charge in [0.25, 0.3) is 0 Å². The van der Waals surface area contributed by atoms with Gasteiger partial charge in [-0.15, -0.1) is 11.3 Å². The van der Waals surface area contributed by atoms with Crippen molar-refractivity contribution in [1.29, 1.82) is 0 Å². The molecule has 0 spiro atoms. The van der Waals surface area contributed by atoms with Crippen molar-refractivity contribution in [3.05, 3.63) is 41.0 Å². The number of anilines is 2. The van der Waals surface area contributed by atoms with Gasteiger partial charge in [-0.2, -0.15) is 4.98 Å². The Labute approximate surface area is 132 Å². The van der Waals surface area contributed by atoms with Crippen LogP contribution in [-0.2, 0) is 0 Å². The Morgan fingerprint density at radius 3 is 2.91 bits per heavy atom. The van der Waals surface area contributed by atoms with Crippen LogP contribution in [-0.4, -0.2) is 21.5 Å². The number of fused-ring (bicyclic) bond motifs is 1. The summed E-state index contributed by atoms with van der Waals surface area (Å²) in [5, 5.41) is 1.16. The van der Waals surface area contributed by atoms with E-state index < -0.39 is 0 Å². The lowest BCUT2D eigenvalue weighted by Gasteiger charge is -2.24. The molecule has 0 aliphatic carbocycles. The van der Waals surface area contributed by atoms with Crippen molar-refractivity contribution in [3.8, 4) is 0 Å². The molecule has 1 aliphatic heterocycles. The zero-order chi connectivity index (χ0) is 15.1. The van der Waals surface area contributed by atoms with Gasteiger partial charge in [-0.1, -0.05) is 12.1 Å². The minimum atomic E-state index is 0.283. The molecule has 0 radical (unpaired) electrons. The van der Waals surface area contributed by atoms with Crippen LogP contribution < -0.4 is 10.6 Å². The number of hydrogen-bond donors (Lipinski definition) is 1. The second-order valence-corrected chi connectivity index (χ2v) is 6.66. The summed E-state index contributed by atoms with van der Waals surface area (Å²) < 4.78 is 1.24. The first-order valence-electron chi connectivity index (χ1n) is 7.44. The molecule has 3 aromatic rings. The summed E-state index contributed by atoms with van der Waals surface area (Å²) in [5.74, 6) is 1.25. The van der Waals surface area contributed by atoms with Crippen molar-refractivity contribution >= 4 is 33.3 Å². The van der Waals surface area contributed by atoms with Crippen LogP contribution in [0, 0.1) is 6.92 Å². The summed E-state index contributed by atoms with van der Waals surface area (Å²) in [6.07, 6.45) is 2.24. The highest BCUT2D eigenvalue weighted by Gasteiger charge is 2.30. The maximum absolute atomic E-state index is 5.81. The number of thiazole rings is 1. The highest BCUT2D eigenvalue weighted by atomic mass is 32.1. The first-order chi connectivity index (χ1) is 10.7. The third kappa shape index (κ3) is 2.29. The Morgan fingerprint density at radius 1 is 1.23 bits per heavy atom. The lowest BCUT2D eigenvalue weighted by Crippen LogP contribution is -2.24. The average Bonchev–Trinajstić information content (AvgIpc) is 3.12. The van der Waals surface area contributed by atoms with Gasteiger partial charge in [0.2, 0.25) is 5.95 Å². The third-order valence-electron chi connectivity index (χ3n) is 4.00. The molecule has 1 aliphatic rings. The molecule has 1 fully saturated rings. The van der Waals surface area contributed by atoms with Gasteiger partial charge in [0, 0.05) is 18.3 Å².